The van der Waals surface area contributed by atoms with E-state index in [0.29, 0.717) is 5.06 Å². The van der Waals surface area contributed by atoms with Crippen molar-refractivity contribution in [1.82, 2.24) is 61.9 Å². The minimum Gasteiger partial charge on any atom is -0.425 e. The molecule has 76 heavy (non-hydrogen) atoms. The smallest absolute Gasteiger partial charge is 0.333 e. The van der Waals surface area contributed by atoms with E-state index in [-0.39, 0.29) is 132 Å². The average molecular weight is 1070 g/mol. The fourth-order valence-electron chi connectivity index (χ4n) is 7.61. The van der Waals surface area contributed by atoms with Gasteiger partial charge in [0, 0.05) is 84.1 Å². The first kappa shape index (κ1) is 59.8. The van der Waals surface area contributed by atoms with Crippen molar-refractivity contribution in [2.45, 2.75) is 95.9 Å². The average Bonchev–Trinajstić information content (AvgIpc) is 3.70. The monoisotopic (exact) mass is 1070 g/mol. The third kappa shape index (κ3) is 18.0. The number of carbonyl (C=O) groups is 12. The zero-order valence-electron chi connectivity index (χ0n) is 41.1. The molecule has 31 nitrogen and oxygen atoms in total. The lowest BCUT2D eigenvalue weighted by Gasteiger charge is -2.25. The summed E-state index contributed by atoms with van der Waals surface area (Å²) in [6, 6.07) is 2.84. The molecular formula is C45H60N12O19. The number of pyridine rings is 2. The van der Waals surface area contributed by atoms with Gasteiger partial charge in [0.1, 0.15) is 35.4 Å². The number of rotatable bonds is 14. The van der Waals surface area contributed by atoms with Gasteiger partial charge < -0.3 is 51.6 Å². The molecule has 2 aromatic heterocycles. The molecule has 1 saturated heterocycles. The maximum absolute atomic E-state index is 13.6. The third-order valence-corrected chi connectivity index (χ3v) is 11.7. The minimum atomic E-state index is -1.31. The van der Waals surface area contributed by atoms with Crippen molar-refractivity contribution in [3.63, 3.8) is 0 Å². The molecule has 414 valence electrons. The van der Waals surface area contributed by atoms with Gasteiger partial charge in [-0.2, -0.15) is 0 Å². The Morgan fingerprint density at radius 3 is 1.57 bits per heavy atom. The number of unbranched alkanes of at least 4 members (excludes halogenated alkanes) is 1. The van der Waals surface area contributed by atoms with E-state index in [1.807, 2.05) is 0 Å². The zero-order chi connectivity index (χ0) is 55.9. The van der Waals surface area contributed by atoms with E-state index in [0.717, 1.165) is 24.3 Å². The zero-order valence-corrected chi connectivity index (χ0v) is 41.1. The van der Waals surface area contributed by atoms with E-state index in [1.54, 1.807) is 0 Å². The van der Waals surface area contributed by atoms with Crippen LogP contribution in [0.25, 0.3) is 0 Å². The predicted molar refractivity (Wildman–Crippen MR) is 253 cm³/mol. The van der Waals surface area contributed by atoms with Gasteiger partial charge in [0.15, 0.2) is 0 Å². The molecule has 4 bridgehead atoms. The summed E-state index contributed by atoms with van der Waals surface area (Å²) in [5, 5.41) is 52.4. The van der Waals surface area contributed by atoms with Gasteiger partial charge in [0.2, 0.25) is 17.7 Å². The minimum absolute atomic E-state index is 0.00161. The number of fused-ring (bicyclic) bond motifs is 2. The Morgan fingerprint density at radius 1 is 0.579 bits per heavy atom. The first-order valence-electron chi connectivity index (χ1n) is 24.1. The van der Waals surface area contributed by atoms with E-state index < -0.39 is 130 Å². The Balaban J connectivity index is 1.50. The summed E-state index contributed by atoms with van der Waals surface area (Å²) >= 11 is 0. The Labute approximate surface area is 431 Å². The van der Waals surface area contributed by atoms with Gasteiger partial charge in [-0.1, -0.05) is 0 Å². The summed E-state index contributed by atoms with van der Waals surface area (Å²) in [7, 11) is 0. The second kappa shape index (κ2) is 29.8. The van der Waals surface area contributed by atoms with E-state index in [1.165, 1.54) is 20.8 Å². The Kier molecular flexibility index (Phi) is 23.5. The molecule has 0 radical (unpaired) electrons. The largest absolute Gasteiger partial charge is 0.425 e. The van der Waals surface area contributed by atoms with Crippen LogP contribution in [0.4, 0.5) is 0 Å². The van der Waals surface area contributed by atoms with Crippen molar-refractivity contribution in [2.75, 3.05) is 52.4 Å². The molecule has 0 unspecified atom stereocenters. The Hall–Kier alpha value is -8.74. The summed E-state index contributed by atoms with van der Waals surface area (Å²) in [6.45, 7) is -0.702. The lowest BCUT2D eigenvalue weighted by Crippen LogP contribution is -2.46. The number of carbonyl (C=O) groups excluding carboxylic acids is 12. The Bertz CT molecular complexity index is 2640. The summed E-state index contributed by atoms with van der Waals surface area (Å²) in [5.74, 6) is -10.1. The van der Waals surface area contributed by atoms with Crippen LogP contribution in [0.1, 0.15) is 132 Å². The molecule has 0 aromatic carbocycles. The van der Waals surface area contributed by atoms with Crippen LogP contribution in [0.15, 0.2) is 33.9 Å². The standard InChI is InChI=1S/C45H60N12O19/c58-32(9-5-10-39(65)76-57-35(61)15-16-36(57)62)46-17-2-1-8-27-26-49-42(68)30-13-11-28(44(70)55(30)74)40(66)47-18-6-22-53(37(63)24-33(59)51-72)20-3-4-21-54(38(64)25-34(60)52-73)23-7-19-48-41(67)29-12-14-31(43(69)50-27)56(75)45(29)71/h11-14,27,72-75H,1-10,15-26H2,(H,46,58)(H,47,66)(H,48,67)(H,49,68)(H,50,69)(H,51,59)(H,52,60)/t27-/m0/s1. The summed E-state index contributed by atoms with van der Waals surface area (Å²) in [5.41, 5.74) is -2.35. The maximum Gasteiger partial charge on any atom is 0.333 e. The molecular weight excluding hydrogens is 1010 g/mol. The number of imide groups is 1. The highest BCUT2D eigenvalue weighted by atomic mass is 16.7. The molecule has 11 amide bonds. The molecule has 6 heterocycles. The summed E-state index contributed by atoms with van der Waals surface area (Å²) in [6.07, 6.45) is -0.829. The molecule has 1 fully saturated rings. The van der Waals surface area contributed by atoms with Gasteiger partial charge >= 0.3 is 5.97 Å². The van der Waals surface area contributed by atoms with E-state index in [9.17, 15) is 77.5 Å². The van der Waals surface area contributed by atoms with Gasteiger partial charge in [-0.15, -0.1) is 14.5 Å². The number of nitrogens with zero attached hydrogens (tertiary/aromatic N) is 5. The highest BCUT2D eigenvalue weighted by Crippen LogP contribution is 2.14. The van der Waals surface area contributed by atoms with Crippen LogP contribution in [0.2, 0.25) is 0 Å². The van der Waals surface area contributed by atoms with Gasteiger partial charge in [0.05, 0.1) is 0 Å². The van der Waals surface area contributed by atoms with E-state index >= 15 is 0 Å². The maximum atomic E-state index is 13.6. The second-order valence-electron chi connectivity index (χ2n) is 17.2. The molecule has 0 saturated carbocycles. The van der Waals surface area contributed by atoms with Crippen molar-refractivity contribution in [3.05, 3.63) is 67.5 Å². The number of aromatic nitrogens is 2. The lowest BCUT2D eigenvalue weighted by molar-refractivity contribution is -0.197. The molecule has 1 atom stereocenters. The molecule has 11 N–H and O–H groups in total. The van der Waals surface area contributed by atoms with Crippen LogP contribution < -0.4 is 48.7 Å². The van der Waals surface area contributed by atoms with Crippen LogP contribution in [-0.2, 0) is 43.2 Å². The Morgan fingerprint density at radius 2 is 1.07 bits per heavy atom. The SMILES string of the molecule is O=C(CC(=O)N1CCCCN(C(=O)CC(=O)NO)CCCNC(=O)c2ccc(n(O)c2=O)C(=O)N[C@@H](CCCCNC(=O)CCCC(=O)ON2C(=O)CCC2=O)CNC(=O)c2ccc(c(=O)n2O)C(=O)NCCC1)NO. The first-order chi connectivity index (χ1) is 36.2. The normalized spacial score (nSPS) is 16.7. The number of hydrogen-bond donors (Lipinski definition) is 11. The van der Waals surface area contributed by atoms with Crippen molar-refractivity contribution in [1.29, 1.82) is 0 Å². The van der Waals surface area contributed by atoms with Gasteiger partial charge in [0.25, 0.3) is 58.4 Å². The van der Waals surface area contributed by atoms with E-state index in [4.69, 9.17) is 15.3 Å². The molecule has 31 heteroatoms. The summed E-state index contributed by atoms with van der Waals surface area (Å²) in [4.78, 5) is 184. The van der Waals surface area contributed by atoms with Crippen molar-refractivity contribution in [2.24, 2.45) is 0 Å². The van der Waals surface area contributed by atoms with Crippen molar-refractivity contribution < 1.29 is 83.2 Å². The number of hydrogen-bond acceptors (Lipinski definition) is 19. The van der Waals surface area contributed by atoms with Crippen molar-refractivity contribution in [3.8, 4) is 0 Å². The fourth-order valence-corrected chi connectivity index (χ4v) is 7.61. The second-order valence-corrected chi connectivity index (χ2v) is 17.2. The van der Waals surface area contributed by atoms with Crippen molar-refractivity contribution >= 4 is 70.9 Å². The van der Waals surface area contributed by atoms with Crippen LogP contribution in [0.3, 0.4) is 0 Å². The quantitative estimate of drug-likeness (QED) is 0.0219. The molecule has 2 aromatic rings. The highest BCUT2D eigenvalue weighted by Gasteiger charge is 2.33. The predicted octanol–water partition coefficient (Wildman–Crippen LogP) is -3.44. The van der Waals surface area contributed by atoms with Crippen LogP contribution >= 0.6 is 0 Å². The van der Waals surface area contributed by atoms with Gasteiger partial charge in [-0.3, -0.25) is 72.7 Å². The number of hydroxylamine groups is 4. The van der Waals surface area contributed by atoms with Gasteiger partial charge in [-0.25, -0.2) is 15.8 Å². The molecule has 0 spiro atoms. The number of nitrogens with one attached hydrogen (secondary N) is 7. The molecule has 6 rings (SSSR count). The van der Waals surface area contributed by atoms with Crippen LogP contribution in [0, 0.1) is 0 Å². The number of amides is 11. The van der Waals surface area contributed by atoms with Crippen LogP contribution in [0.5, 0.6) is 0 Å². The molecule has 4 aliphatic rings. The van der Waals surface area contributed by atoms with E-state index in [2.05, 4.69) is 26.6 Å². The summed E-state index contributed by atoms with van der Waals surface area (Å²) < 4.78 is -0.159. The molecule has 0 aliphatic carbocycles. The topological polar surface area (TPSA) is 433 Å². The highest BCUT2D eigenvalue weighted by molar-refractivity contribution is 6.02. The molecule has 4 aliphatic heterocycles. The fraction of sp³-hybridized carbons (Fsp3) is 0.511. The van der Waals surface area contributed by atoms with Crippen LogP contribution in [-0.4, -0.2) is 175 Å². The third-order valence-electron chi connectivity index (χ3n) is 11.7. The lowest BCUT2D eigenvalue weighted by atomic mass is 10.1. The van der Waals surface area contributed by atoms with Gasteiger partial charge in [-0.05, 0) is 75.6 Å². The first-order valence-corrected chi connectivity index (χ1v) is 24.1.